The average molecular weight is 599 g/mol. The molecule has 242 valence electrons. The maximum Gasteiger partial charge on any atom is 0.407 e. The van der Waals surface area contributed by atoms with Crippen molar-refractivity contribution < 1.29 is 33.4 Å². The van der Waals surface area contributed by atoms with Crippen LogP contribution in [0.2, 0.25) is 0 Å². The number of unbranched alkanes of at least 4 members (excludes halogenated alkanes) is 2. The zero-order valence-corrected chi connectivity index (χ0v) is 26.8. The van der Waals surface area contributed by atoms with Gasteiger partial charge >= 0.3 is 6.09 Å². The van der Waals surface area contributed by atoms with Gasteiger partial charge in [0, 0.05) is 26.6 Å². The second-order valence-corrected chi connectivity index (χ2v) is 12.1. The molecule has 0 saturated carbocycles. The fourth-order valence-corrected chi connectivity index (χ4v) is 4.18. The fraction of sp³-hybridized carbons (Fsp3) is 0.828. The molecular weight excluding hydrogens is 544 g/mol. The van der Waals surface area contributed by atoms with Crippen LogP contribution in [0.1, 0.15) is 87.0 Å². The van der Waals surface area contributed by atoms with Gasteiger partial charge in [-0.25, -0.2) is 4.79 Å². The van der Waals surface area contributed by atoms with Gasteiger partial charge in [-0.3, -0.25) is 14.6 Å². The first-order valence-electron chi connectivity index (χ1n) is 14.9. The van der Waals surface area contributed by atoms with Crippen molar-refractivity contribution in [3.05, 3.63) is 0 Å². The lowest BCUT2D eigenvalue weighted by Crippen LogP contribution is -2.62. The van der Waals surface area contributed by atoms with Crippen molar-refractivity contribution in [2.24, 2.45) is 16.6 Å². The van der Waals surface area contributed by atoms with Gasteiger partial charge in [-0.1, -0.05) is 20.3 Å². The van der Waals surface area contributed by atoms with E-state index in [0.717, 1.165) is 25.7 Å². The zero-order chi connectivity index (χ0) is 31.9. The summed E-state index contributed by atoms with van der Waals surface area (Å²) in [6, 6.07) is -2.38. The van der Waals surface area contributed by atoms with Gasteiger partial charge in [0.25, 0.3) is 0 Å². The molecule has 1 heterocycles. The molecule has 0 aromatic heterocycles. The Morgan fingerprint density at radius 2 is 1.71 bits per heavy atom. The first kappa shape index (κ1) is 37.1. The van der Waals surface area contributed by atoms with E-state index in [0.29, 0.717) is 32.0 Å². The molecule has 0 radical (unpaired) electrons. The molecule has 1 aliphatic heterocycles. The van der Waals surface area contributed by atoms with E-state index in [-0.39, 0.29) is 24.9 Å². The molecule has 13 heteroatoms. The third-order valence-electron chi connectivity index (χ3n) is 6.47. The maximum absolute atomic E-state index is 13.2. The summed E-state index contributed by atoms with van der Waals surface area (Å²) in [6.45, 7) is 13.6. The number of piperidine rings is 1. The molecule has 0 aliphatic carbocycles. The van der Waals surface area contributed by atoms with Crippen LogP contribution in [0.5, 0.6) is 0 Å². The first-order chi connectivity index (χ1) is 19.6. The summed E-state index contributed by atoms with van der Waals surface area (Å²) in [5.74, 6) is -0.370. The SMILES string of the molecule is CN=C(N)N1CCCC(NC(=O)C(C)NC(=O)C(COC(C)(C)C)NC(=O)OCC(C)C)C1OCCCCCC(C)=O. The molecule has 0 bridgehead atoms. The second kappa shape index (κ2) is 18.6. The number of ketones is 1. The van der Waals surface area contributed by atoms with Gasteiger partial charge < -0.3 is 45.6 Å². The lowest BCUT2D eigenvalue weighted by molar-refractivity contribution is -0.133. The third kappa shape index (κ3) is 14.8. The average Bonchev–Trinajstić information content (AvgIpc) is 2.90. The number of carbonyl (C=O) groups excluding carboxylic acids is 4. The van der Waals surface area contributed by atoms with Crippen LogP contribution in [-0.4, -0.2) is 97.9 Å². The predicted octanol–water partition coefficient (Wildman–Crippen LogP) is 2.07. The van der Waals surface area contributed by atoms with E-state index >= 15 is 0 Å². The van der Waals surface area contributed by atoms with E-state index in [1.807, 2.05) is 39.5 Å². The van der Waals surface area contributed by atoms with E-state index in [1.165, 1.54) is 0 Å². The molecule has 42 heavy (non-hydrogen) atoms. The summed E-state index contributed by atoms with van der Waals surface area (Å²) in [7, 11) is 1.60. The molecular formula is C29H54N6O7. The largest absolute Gasteiger partial charge is 0.449 e. The molecule has 0 aromatic rings. The van der Waals surface area contributed by atoms with Gasteiger partial charge in [-0.05, 0) is 66.2 Å². The highest BCUT2D eigenvalue weighted by atomic mass is 16.5. The molecule has 0 spiro atoms. The van der Waals surface area contributed by atoms with E-state index in [4.69, 9.17) is 19.9 Å². The summed E-state index contributed by atoms with van der Waals surface area (Å²) >= 11 is 0. The number of Topliss-reactive ketones (excluding diaryl/α,β-unsaturated/α-hetero) is 1. The quantitative estimate of drug-likeness (QED) is 0.118. The van der Waals surface area contributed by atoms with E-state index in [9.17, 15) is 19.2 Å². The number of ether oxygens (including phenoxy) is 3. The molecule has 5 N–H and O–H groups in total. The Hall–Kier alpha value is -2.93. The van der Waals surface area contributed by atoms with Gasteiger partial charge in [0.2, 0.25) is 11.8 Å². The minimum absolute atomic E-state index is 0.101. The van der Waals surface area contributed by atoms with E-state index in [1.54, 1.807) is 20.9 Å². The molecule has 1 aliphatic rings. The molecule has 4 atom stereocenters. The minimum Gasteiger partial charge on any atom is -0.449 e. The summed E-state index contributed by atoms with van der Waals surface area (Å²) in [6.07, 6.45) is 3.10. The zero-order valence-electron chi connectivity index (χ0n) is 26.8. The lowest BCUT2D eigenvalue weighted by Gasteiger charge is -2.42. The number of nitrogens with zero attached hydrogens (tertiary/aromatic N) is 2. The van der Waals surface area contributed by atoms with Crippen molar-refractivity contribution in [2.75, 3.05) is 33.4 Å². The highest BCUT2D eigenvalue weighted by Gasteiger charge is 2.36. The van der Waals surface area contributed by atoms with Gasteiger partial charge in [-0.15, -0.1) is 0 Å². The van der Waals surface area contributed by atoms with Crippen LogP contribution in [-0.2, 0) is 28.6 Å². The second-order valence-electron chi connectivity index (χ2n) is 12.1. The van der Waals surface area contributed by atoms with Crippen molar-refractivity contribution in [1.82, 2.24) is 20.9 Å². The van der Waals surface area contributed by atoms with Gasteiger partial charge in [-0.2, -0.15) is 0 Å². The number of hydrogen-bond donors (Lipinski definition) is 4. The number of aliphatic imine (C=N–C) groups is 1. The van der Waals surface area contributed by atoms with Crippen LogP contribution in [0.15, 0.2) is 4.99 Å². The maximum atomic E-state index is 13.2. The third-order valence-corrected chi connectivity index (χ3v) is 6.47. The number of amides is 3. The first-order valence-corrected chi connectivity index (χ1v) is 14.9. The van der Waals surface area contributed by atoms with Crippen LogP contribution in [0.25, 0.3) is 0 Å². The Bertz CT molecular complexity index is 905. The summed E-state index contributed by atoms with van der Waals surface area (Å²) in [5, 5.41) is 8.22. The topological polar surface area (TPSA) is 174 Å². The number of alkyl carbamates (subject to hydrolysis) is 1. The number of nitrogens with one attached hydrogen (secondary N) is 3. The highest BCUT2D eigenvalue weighted by Crippen LogP contribution is 2.20. The molecule has 4 unspecified atom stereocenters. The van der Waals surface area contributed by atoms with Crippen LogP contribution in [0.3, 0.4) is 0 Å². The van der Waals surface area contributed by atoms with Crippen LogP contribution in [0.4, 0.5) is 4.79 Å². The Morgan fingerprint density at radius 1 is 1.02 bits per heavy atom. The van der Waals surface area contributed by atoms with Crippen LogP contribution < -0.4 is 21.7 Å². The molecule has 1 fully saturated rings. The van der Waals surface area contributed by atoms with Crippen molar-refractivity contribution in [1.29, 1.82) is 0 Å². The smallest absolute Gasteiger partial charge is 0.407 e. The van der Waals surface area contributed by atoms with Crippen LogP contribution in [0, 0.1) is 5.92 Å². The van der Waals surface area contributed by atoms with Gasteiger partial charge in [0.05, 0.1) is 24.9 Å². The van der Waals surface area contributed by atoms with E-state index in [2.05, 4.69) is 20.9 Å². The van der Waals surface area contributed by atoms with Crippen molar-refractivity contribution >= 4 is 29.7 Å². The fourth-order valence-electron chi connectivity index (χ4n) is 4.18. The number of nitrogens with two attached hydrogens (primary N) is 1. The Kier molecular flexibility index (Phi) is 16.4. The van der Waals surface area contributed by atoms with Gasteiger partial charge in [0.15, 0.2) is 12.2 Å². The summed E-state index contributed by atoms with van der Waals surface area (Å²) < 4.78 is 17.1. The Labute approximate surface area is 251 Å². The Morgan fingerprint density at radius 3 is 2.31 bits per heavy atom. The monoisotopic (exact) mass is 598 g/mol. The highest BCUT2D eigenvalue weighted by molar-refractivity contribution is 5.91. The molecule has 3 amide bonds. The Balaban J connectivity index is 2.86. The standard InChI is InChI=1S/C29H54N6O7/c1-19(2)17-41-28(39)34-23(18-42-29(5,6)7)25(38)32-21(4)24(37)33-22-14-12-15-35(27(30)31-8)26(22)40-16-11-9-10-13-20(3)36/h19,21-23,26H,9-18H2,1-8H3,(H2,30,31)(H,32,38)(H,33,37)(H,34,39). The summed E-state index contributed by atoms with van der Waals surface area (Å²) in [4.78, 5) is 55.8. The molecule has 1 rings (SSSR count). The number of carbonyl (C=O) groups is 4. The van der Waals surface area contributed by atoms with E-state index < -0.39 is 47.9 Å². The van der Waals surface area contributed by atoms with Crippen molar-refractivity contribution in [3.63, 3.8) is 0 Å². The lowest BCUT2D eigenvalue weighted by atomic mass is 10.0. The molecule has 0 aromatic carbocycles. The number of guanidine groups is 1. The predicted molar refractivity (Wildman–Crippen MR) is 161 cm³/mol. The summed E-state index contributed by atoms with van der Waals surface area (Å²) in [5.41, 5.74) is 5.59. The van der Waals surface area contributed by atoms with Crippen LogP contribution >= 0.6 is 0 Å². The molecule has 1 saturated heterocycles. The van der Waals surface area contributed by atoms with Gasteiger partial charge in [0.1, 0.15) is 17.9 Å². The number of hydrogen-bond acceptors (Lipinski definition) is 8. The minimum atomic E-state index is -1.07. The number of rotatable bonds is 16. The molecule has 13 nitrogen and oxygen atoms in total. The number of likely N-dealkylation sites (tertiary alicyclic amines) is 1. The van der Waals surface area contributed by atoms with Crippen molar-refractivity contribution in [3.8, 4) is 0 Å². The van der Waals surface area contributed by atoms with Crippen molar-refractivity contribution in [2.45, 2.75) is 117 Å². The normalized spacial score (nSPS) is 19.2.